The van der Waals surface area contributed by atoms with Gasteiger partial charge in [0.25, 0.3) is 0 Å². The Hall–Kier alpha value is -1.59. The molecule has 0 aliphatic heterocycles. The molecule has 4 nitrogen and oxygen atoms in total. The lowest BCUT2D eigenvalue weighted by atomic mass is 10.1. The molecule has 0 saturated heterocycles. The van der Waals surface area contributed by atoms with Crippen molar-refractivity contribution in [3.8, 4) is 11.5 Å². The van der Waals surface area contributed by atoms with Gasteiger partial charge in [-0.25, -0.2) is 4.98 Å². The Labute approximate surface area is 130 Å². The van der Waals surface area contributed by atoms with Gasteiger partial charge < -0.3 is 14.8 Å². The molecule has 1 N–H and O–H groups in total. The molecule has 0 aliphatic carbocycles. The van der Waals surface area contributed by atoms with Crippen LogP contribution in [0.5, 0.6) is 11.5 Å². The fourth-order valence-corrected chi connectivity index (χ4v) is 3.24. The second kappa shape index (κ2) is 6.91. The van der Waals surface area contributed by atoms with Gasteiger partial charge in [-0.2, -0.15) is 0 Å². The van der Waals surface area contributed by atoms with Crippen LogP contribution in [0.3, 0.4) is 0 Å². The monoisotopic (exact) mass is 306 g/mol. The van der Waals surface area contributed by atoms with Gasteiger partial charge in [-0.05, 0) is 38.5 Å². The van der Waals surface area contributed by atoms with Crippen LogP contribution in [0, 0.1) is 13.8 Å². The van der Waals surface area contributed by atoms with Crippen LogP contribution in [0.1, 0.15) is 34.1 Å². The fraction of sp³-hybridized carbons (Fsp3) is 0.438. The third-order valence-corrected chi connectivity index (χ3v) is 4.61. The molecule has 0 amide bonds. The van der Waals surface area contributed by atoms with E-state index in [-0.39, 0.29) is 6.04 Å². The van der Waals surface area contributed by atoms with Crippen LogP contribution in [0.2, 0.25) is 0 Å². The molecule has 0 aliphatic rings. The van der Waals surface area contributed by atoms with Gasteiger partial charge in [0.05, 0.1) is 24.9 Å². The maximum absolute atomic E-state index is 5.30. The number of ether oxygens (including phenoxy) is 2. The normalized spacial score (nSPS) is 12.2. The van der Waals surface area contributed by atoms with Crippen LogP contribution < -0.4 is 14.8 Å². The van der Waals surface area contributed by atoms with Gasteiger partial charge in [0.15, 0.2) is 0 Å². The molecule has 5 heteroatoms. The van der Waals surface area contributed by atoms with Crippen molar-refractivity contribution in [3.63, 3.8) is 0 Å². The Kier molecular flexibility index (Phi) is 5.20. The number of thiazole rings is 1. The first-order chi connectivity index (χ1) is 10.0. The molecule has 1 aromatic heterocycles. The van der Waals surface area contributed by atoms with Crippen molar-refractivity contribution < 1.29 is 9.47 Å². The van der Waals surface area contributed by atoms with Crippen molar-refractivity contribution in [2.45, 2.75) is 33.4 Å². The van der Waals surface area contributed by atoms with Gasteiger partial charge in [-0.3, -0.25) is 0 Å². The lowest BCUT2D eigenvalue weighted by Crippen LogP contribution is -2.18. The van der Waals surface area contributed by atoms with Gasteiger partial charge in [0.1, 0.15) is 11.5 Å². The first kappa shape index (κ1) is 15.8. The van der Waals surface area contributed by atoms with Gasteiger partial charge in [-0.1, -0.05) is 0 Å². The quantitative estimate of drug-likeness (QED) is 0.885. The number of nitrogens with zero attached hydrogens (tertiary/aromatic N) is 1. The Morgan fingerprint density at radius 1 is 1.14 bits per heavy atom. The van der Waals surface area contributed by atoms with Crippen molar-refractivity contribution in [2.24, 2.45) is 0 Å². The van der Waals surface area contributed by atoms with Crippen LogP contribution in [0.4, 0.5) is 0 Å². The van der Waals surface area contributed by atoms with Crippen LogP contribution in [-0.4, -0.2) is 19.2 Å². The van der Waals surface area contributed by atoms with Gasteiger partial charge in [0.2, 0.25) is 0 Å². The summed E-state index contributed by atoms with van der Waals surface area (Å²) < 4.78 is 10.6. The number of rotatable bonds is 6. The van der Waals surface area contributed by atoms with E-state index in [1.807, 2.05) is 25.1 Å². The number of benzene rings is 1. The molecule has 0 saturated carbocycles. The Balaban J connectivity index is 2.07. The smallest absolute Gasteiger partial charge is 0.122 e. The zero-order chi connectivity index (χ0) is 15.4. The largest absolute Gasteiger partial charge is 0.497 e. The molecule has 1 unspecified atom stereocenters. The highest BCUT2D eigenvalue weighted by Gasteiger charge is 2.12. The topological polar surface area (TPSA) is 43.4 Å². The molecule has 0 radical (unpaired) electrons. The molecular formula is C16H22N2O2S. The maximum atomic E-state index is 5.30. The highest BCUT2D eigenvalue weighted by Crippen LogP contribution is 2.26. The molecule has 114 valence electrons. The van der Waals surface area contributed by atoms with E-state index < -0.39 is 0 Å². The summed E-state index contributed by atoms with van der Waals surface area (Å²) in [5.41, 5.74) is 2.25. The van der Waals surface area contributed by atoms with E-state index in [9.17, 15) is 0 Å². The summed E-state index contributed by atoms with van der Waals surface area (Å²) in [5.74, 6) is 1.62. The molecule has 1 atom stereocenters. The highest BCUT2D eigenvalue weighted by molar-refractivity contribution is 7.11. The van der Waals surface area contributed by atoms with Crippen molar-refractivity contribution in [3.05, 3.63) is 39.3 Å². The summed E-state index contributed by atoms with van der Waals surface area (Å²) in [5, 5.41) is 4.64. The van der Waals surface area contributed by atoms with Crippen molar-refractivity contribution in [1.82, 2.24) is 10.3 Å². The summed E-state index contributed by atoms with van der Waals surface area (Å²) in [6.07, 6.45) is 0. The summed E-state index contributed by atoms with van der Waals surface area (Å²) in [4.78, 5) is 5.77. The molecule has 2 rings (SSSR count). The fourth-order valence-electron chi connectivity index (χ4n) is 2.28. The number of methoxy groups -OCH3 is 2. The molecule has 21 heavy (non-hydrogen) atoms. The van der Waals surface area contributed by atoms with Crippen molar-refractivity contribution in [1.29, 1.82) is 0 Å². The first-order valence-electron chi connectivity index (χ1n) is 6.92. The van der Waals surface area contributed by atoms with E-state index in [2.05, 4.69) is 24.1 Å². The lowest BCUT2D eigenvalue weighted by molar-refractivity contribution is 0.393. The predicted octanol–water partition coefficient (Wildman–Crippen LogP) is 3.63. The van der Waals surface area contributed by atoms with Crippen LogP contribution in [0.15, 0.2) is 18.2 Å². The minimum Gasteiger partial charge on any atom is -0.497 e. The summed E-state index contributed by atoms with van der Waals surface area (Å²) in [7, 11) is 3.33. The summed E-state index contributed by atoms with van der Waals surface area (Å²) in [6, 6.07) is 6.19. The van der Waals surface area contributed by atoms with Gasteiger partial charge >= 0.3 is 0 Å². The summed E-state index contributed by atoms with van der Waals surface area (Å²) in [6.45, 7) is 7.02. The van der Waals surface area contributed by atoms with E-state index in [0.29, 0.717) is 0 Å². The molecular weight excluding hydrogens is 284 g/mol. The third kappa shape index (κ3) is 3.95. The number of aromatic nitrogens is 1. The maximum Gasteiger partial charge on any atom is 0.122 e. The zero-order valence-electron chi connectivity index (χ0n) is 13.2. The minimum atomic E-state index is 0.272. The van der Waals surface area contributed by atoms with E-state index in [1.54, 1.807) is 25.6 Å². The van der Waals surface area contributed by atoms with E-state index >= 15 is 0 Å². The standard InChI is InChI=1S/C16H22N2O2S/c1-10(16-11(2)18-12(3)21-16)17-9-13-6-14(19-4)8-15(7-13)20-5/h6-8,10,17H,9H2,1-5H3. The molecule has 1 heterocycles. The zero-order valence-corrected chi connectivity index (χ0v) is 14.0. The number of hydrogen-bond donors (Lipinski definition) is 1. The third-order valence-electron chi connectivity index (χ3n) is 3.36. The van der Waals surface area contributed by atoms with Crippen molar-refractivity contribution >= 4 is 11.3 Å². The second-order valence-corrected chi connectivity index (χ2v) is 6.24. The SMILES string of the molecule is COc1cc(CNC(C)c2sc(C)nc2C)cc(OC)c1. The molecule has 0 fully saturated rings. The Morgan fingerprint density at radius 3 is 2.24 bits per heavy atom. The van der Waals surface area contributed by atoms with E-state index in [0.717, 1.165) is 34.3 Å². The Bertz CT molecular complexity index is 588. The predicted molar refractivity (Wildman–Crippen MR) is 86.4 cm³/mol. The minimum absolute atomic E-state index is 0.272. The summed E-state index contributed by atoms with van der Waals surface area (Å²) >= 11 is 1.75. The van der Waals surface area contributed by atoms with Crippen LogP contribution in [-0.2, 0) is 6.54 Å². The molecule has 2 aromatic rings. The number of hydrogen-bond acceptors (Lipinski definition) is 5. The second-order valence-electron chi connectivity index (χ2n) is 5.01. The first-order valence-corrected chi connectivity index (χ1v) is 7.74. The number of nitrogens with one attached hydrogen (secondary N) is 1. The Morgan fingerprint density at radius 2 is 1.76 bits per heavy atom. The van der Waals surface area contributed by atoms with Crippen LogP contribution in [0.25, 0.3) is 0 Å². The average Bonchev–Trinajstić information content (AvgIpc) is 2.83. The van der Waals surface area contributed by atoms with Gasteiger partial charge in [0, 0.05) is 23.5 Å². The molecule has 0 spiro atoms. The van der Waals surface area contributed by atoms with E-state index in [4.69, 9.17) is 9.47 Å². The van der Waals surface area contributed by atoms with Crippen LogP contribution >= 0.6 is 11.3 Å². The average molecular weight is 306 g/mol. The number of aryl methyl sites for hydroxylation is 2. The van der Waals surface area contributed by atoms with E-state index in [1.165, 1.54) is 4.88 Å². The molecule has 0 bridgehead atoms. The highest BCUT2D eigenvalue weighted by atomic mass is 32.1. The van der Waals surface area contributed by atoms with Crippen molar-refractivity contribution in [2.75, 3.05) is 14.2 Å². The lowest BCUT2D eigenvalue weighted by Gasteiger charge is -2.14. The van der Waals surface area contributed by atoms with Gasteiger partial charge in [-0.15, -0.1) is 11.3 Å². The molecule has 1 aromatic carbocycles.